The third-order valence-corrected chi connectivity index (χ3v) is 1.74. The molecule has 0 amide bonds. The molecule has 6 heteroatoms. The Morgan fingerprint density at radius 2 is 2.42 bits per heavy atom. The first kappa shape index (κ1) is 7.30. The van der Waals surface area contributed by atoms with Crippen LogP contribution in [0.1, 0.15) is 5.82 Å². The molecule has 0 fully saturated rings. The summed E-state index contributed by atoms with van der Waals surface area (Å²) < 4.78 is 0. The smallest absolute Gasteiger partial charge is 0.276 e. The topological polar surface area (TPSA) is 74.4 Å². The van der Waals surface area contributed by atoms with E-state index >= 15 is 0 Å². The summed E-state index contributed by atoms with van der Waals surface area (Å²) >= 11 is 5.50. The molecule has 0 radical (unpaired) electrons. The molecule has 0 aliphatic rings. The Labute approximate surface area is 71.8 Å². The average molecular weight is 185 g/mol. The number of nitrogens with one attached hydrogen (secondary N) is 2. The van der Waals surface area contributed by atoms with E-state index in [0.717, 1.165) is 0 Å². The molecule has 0 aliphatic carbocycles. The second-order valence-electron chi connectivity index (χ2n) is 2.28. The van der Waals surface area contributed by atoms with Gasteiger partial charge < -0.3 is 4.98 Å². The normalized spacial score (nSPS) is 10.8. The highest BCUT2D eigenvalue weighted by Crippen LogP contribution is 2.02. The van der Waals surface area contributed by atoms with Crippen LogP contribution in [-0.4, -0.2) is 20.2 Å². The van der Waals surface area contributed by atoms with Gasteiger partial charge >= 0.3 is 0 Å². The van der Waals surface area contributed by atoms with E-state index in [4.69, 9.17) is 11.6 Å². The minimum atomic E-state index is -0.242. The molecule has 2 rings (SSSR count). The van der Waals surface area contributed by atoms with Crippen molar-refractivity contribution in [2.45, 2.75) is 5.88 Å². The van der Waals surface area contributed by atoms with Crippen molar-refractivity contribution in [1.29, 1.82) is 0 Å². The molecular weight excluding hydrogens is 180 g/mol. The van der Waals surface area contributed by atoms with Gasteiger partial charge in [0.1, 0.15) is 16.9 Å². The van der Waals surface area contributed by atoms with Crippen molar-refractivity contribution in [2.24, 2.45) is 0 Å². The lowest BCUT2D eigenvalue weighted by Crippen LogP contribution is -2.10. The molecule has 0 bridgehead atoms. The summed E-state index contributed by atoms with van der Waals surface area (Å²) in [5.41, 5.74) is 0.673. The molecule has 62 valence electrons. The highest BCUT2D eigenvalue weighted by atomic mass is 35.5. The zero-order valence-electron chi connectivity index (χ0n) is 5.97. The number of halogens is 1. The summed E-state index contributed by atoms with van der Waals surface area (Å²) in [7, 11) is 0. The minimum absolute atomic E-state index is 0.191. The number of hydrogen-bond acceptors (Lipinski definition) is 3. The first-order chi connectivity index (χ1) is 5.81. The van der Waals surface area contributed by atoms with Crippen molar-refractivity contribution in [1.82, 2.24) is 20.2 Å². The van der Waals surface area contributed by atoms with Gasteiger partial charge in [-0.2, -0.15) is 5.10 Å². The number of aromatic nitrogens is 4. The Balaban J connectivity index is 2.84. The lowest BCUT2D eigenvalue weighted by Gasteiger charge is -1.92. The summed E-state index contributed by atoms with van der Waals surface area (Å²) in [5.74, 6) is 0.645. The van der Waals surface area contributed by atoms with Crippen molar-refractivity contribution < 1.29 is 0 Å². The van der Waals surface area contributed by atoms with Crippen LogP contribution < -0.4 is 5.56 Å². The number of fused-ring (bicyclic) bond motifs is 1. The number of aromatic amines is 2. The third-order valence-electron chi connectivity index (χ3n) is 1.49. The molecule has 0 saturated carbocycles. The Bertz CT molecular complexity index is 460. The maximum absolute atomic E-state index is 11.2. The number of H-pyrrole nitrogens is 2. The van der Waals surface area contributed by atoms with Gasteiger partial charge in [0.2, 0.25) is 0 Å². The predicted octanol–water partition coefficient (Wildman–Crippen LogP) is 0.385. The Hall–Kier alpha value is -1.36. The molecule has 2 aromatic heterocycles. The van der Waals surface area contributed by atoms with Crippen LogP contribution in [0.3, 0.4) is 0 Å². The van der Waals surface area contributed by atoms with Crippen LogP contribution >= 0.6 is 11.6 Å². The number of nitrogens with zero attached hydrogens (tertiary/aromatic N) is 2. The van der Waals surface area contributed by atoms with Crippen molar-refractivity contribution in [2.75, 3.05) is 0 Å². The molecule has 0 aromatic carbocycles. The summed E-state index contributed by atoms with van der Waals surface area (Å²) in [6, 6.07) is 0. The average Bonchev–Trinajstić information content (AvgIpc) is 2.52. The summed E-state index contributed by atoms with van der Waals surface area (Å²) in [4.78, 5) is 17.7. The lowest BCUT2D eigenvalue weighted by molar-refractivity contribution is 1.03. The van der Waals surface area contributed by atoms with Crippen molar-refractivity contribution in [3.63, 3.8) is 0 Å². The van der Waals surface area contributed by atoms with Crippen LogP contribution in [0.5, 0.6) is 0 Å². The van der Waals surface area contributed by atoms with Crippen LogP contribution in [0, 0.1) is 0 Å². The zero-order valence-corrected chi connectivity index (χ0v) is 6.72. The van der Waals surface area contributed by atoms with Gasteiger partial charge in [0.15, 0.2) is 0 Å². The molecule has 0 saturated heterocycles. The molecule has 0 atom stereocenters. The molecule has 2 aromatic rings. The fraction of sp³-hybridized carbons (Fsp3) is 0.167. The highest BCUT2D eigenvalue weighted by Gasteiger charge is 2.03. The van der Waals surface area contributed by atoms with Crippen LogP contribution in [0.2, 0.25) is 0 Å². The van der Waals surface area contributed by atoms with Crippen LogP contribution in [0.4, 0.5) is 0 Å². The van der Waals surface area contributed by atoms with Gasteiger partial charge in [-0.1, -0.05) is 0 Å². The predicted molar refractivity (Wildman–Crippen MR) is 44.1 cm³/mol. The molecule has 0 spiro atoms. The Kier molecular flexibility index (Phi) is 1.58. The van der Waals surface area contributed by atoms with Crippen LogP contribution in [0.15, 0.2) is 11.0 Å². The van der Waals surface area contributed by atoms with Gasteiger partial charge in [-0.25, -0.2) is 4.98 Å². The summed E-state index contributed by atoms with van der Waals surface area (Å²) in [5, 5.41) is 6.23. The van der Waals surface area contributed by atoms with Crippen molar-refractivity contribution in [3.8, 4) is 0 Å². The summed E-state index contributed by atoms with van der Waals surface area (Å²) in [6.45, 7) is 0. The molecule has 12 heavy (non-hydrogen) atoms. The SMILES string of the molecule is O=c1[nH]c(CCl)nc2cn[nH]c12. The van der Waals surface area contributed by atoms with Gasteiger partial charge in [0.25, 0.3) is 5.56 Å². The van der Waals surface area contributed by atoms with E-state index in [1.54, 1.807) is 0 Å². The van der Waals surface area contributed by atoms with Gasteiger partial charge in [-0.05, 0) is 0 Å². The van der Waals surface area contributed by atoms with E-state index in [1.165, 1.54) is 6.20 Å². The van der Waals surface area contributed by atoms with Crippen molar-refractivity contribution >= 4 is 22.6 Å². The van der Waals surface area contributed by atoms with E-state index in [-0.39, 0.29) is 11.4 Å². The number of hydrogen-bond donors (Lipinski definition) is 2. The lowest BCUT2D eigenvalue weighted by atomic mass is 10.4. The largest absolute Gasteiger partial charge is 0.308 e. The van der Waals surface area contributed by atoms with E-state index in [2.05, 4.69) is 20.2 Å². The van der Waals surface area contributed by atoms with Gasteiger partial charge in [0.05, 0.1) is 12.1 Å². The number of alkyl halides is 1. The summed E-state index contributed by atoms with van der Waals surface area (Å²) in [6.07, 6.45) is 1.49. The molecular formula is C6H5ClN4O. The molecule has 5 nitrogen and oxygen atoms in total. The van der Waals surface area contributed by atoms with E-state index in [9.17, 15) is 4.79 Å². The van der Waals surface area contributed by atoms with Crippen LogP contribution in [-0.2, 0) is 5.88 Å². The minimum Gasteiger partial charge on any atom is -0.308 e. The first-order valence-corrected chi connectivity index (χ1v) is 3.83. The molecule has 2 N–H and O–H groups in total. The Morgan fingerprint density at radius 1 is 1.58 bits per heavy atom. The van der Waals surface area contributed by atoms with Gasteiger partial charge in [-0.15, -0.1) is 11.6 Å². The standard InChI is InChI=1S/C6H5ClN4O/c7-1-4-9-3-2-8-11-5(3)6(12)10-4/h2H,1H2,(H,8,11)(H,9,10,12). The number of rotatable bonds is 1. The van der Waals surface area contributed by atoms with Gasteiger partial charge in [-0.3, -0.25) is 9.89 Å². The fourth-order valence-electron chi connectivity index (χ4n) is 0.962. The molecule has 2 heterocycles. The van der Waals surface area contributed by atoms with E-state index < -0.39 is 0 Å². The Morgan fingerprint density at radius 3 is 3.17 bits per heavy atom. The van der Waals surface area contributed by atoms with Crippen LogP contribution in [0.25, 0.3) is 11.0 Å². The second-order valence-corrected chi connectivity index (χ2v) is 2.54. The first-order valence-electron chi connectivity index (χ1n) is 3.29. The molecule has 0 unspecified atom stereocenters. The second kappa shape index (κ2) is 2.60. The quantitative estimate of drug-likeness (QED) is 0.630. The van der Waals surface area contributed by atoms with E-state index in [1.807, 2.05) is 0 Å². The highest BCUT2D eigenvalue weighted by molar-refractivity contribution is 6.16. The maximum atomic E-state index is 11.2. The molecule has 0 aliphatic heterocycles. The van der Waals surface area contributed by atoms with Gasteiger partial charge in [0, 0.05) is 0 Å². The van der Waals surface area contributed by atoms with E-state index in [0.29, 0.717) is 16.9 Å². The zero-order chi connectivity index (χ0) is 8.55. The fourth-order valence-corrected chi connectivity index (χ4v) is 1.09. The third kappa shape index (κ3) is 0.984. The van der Waals surface area contributed by atoms with Crippen molar-refractivity contribution in [3.05, 3.63) is 22.4 Å². The maximum Gasteiger partial charge on any atom is 0.276 e. The monoisotopic (exact) mass is 184 g/mol.